The van der Waals surface area contributed by atoms with Gasteiger partial charge in [0.15, 0.2) is 0 Å². The van der Waals surface area contributed by atoms with Crippen molar-refractivity contribution in [2.45, 2.75) is 39.5 Å². The fraction of sp³-hybridized carbons (Fsp3) is 0.667. The number of rotatable bonds is 0. The molecular formula is C12H18. The van der Waals surface area contributed by atoms with E-state index in [1.807, 2.05) is 0 Å². The van der Waals surface area contributed by atoms with Crippen LogP contribution in [0.1, 0.15) is 39.5 Å². The molecule has 0 N–H and O–H groups in total. The summed E-state index contributed by atoms with van der Waals surface area (Å²) in [5.74, 6) is 1.80. The molecule has 0 fully saturated rings. The summed E-state index contributed by atoms with van der Waals surface area (Å²) >= 11 is 0. The lowest BCUT2D eigenvalue weighted by Crippen LogP contribution is -2.08. The molecule has 0 aromatic carbocycles. The molecule has 0 radical (unpaired) electrons. The first-order valence-corrected chi connectivity index (χ1v) is 5.15. The predicted octanol–water partition coefficient (Wildman–Crippen LogP) is 3.70. The molecule has 0 bridgehead atoms. The zero-order valence-corrected chi connectivity index (χ0v) is 8.14. The van der Waals surface area contributed by atoms with Gasteiger partial charge in [-0.3, -0.25) is 0 Å². The molecule has 0 aromatic heterocycles. The van der Waals surface area contributed by atoms with Gasteiger partial charge in [-0.05, 0) is 50.0 Å². The molecule has 0 nitrogen and oxygen atoms in total. The highest BCUT2D eigenvalue weighted by Crippen LogP contribution is 2.40. The summed E-state index contributed by atoms with van der Waals surface area (Å²) in [5, 5.41) is 0. The third-order valence-electron chi connectivity index (χ3n) is 3.50. The van der Waals surface area contributed by atoms with Crippen LogP contribution in [-0.2, 0) is 0 Å². The molecule has 0 saturated heterocycles. The first-order chi connectivity index (χ1) is 5.79. The third-order valence-corrected chi connectivity index (χ3v) is 3.50. The summed E-state index contributed by atoms with van der Waals surface area (Å²) in [7, 11) is 0. The quantitative estimate of drug-likeness (QED) is 0.509. The van der Waals surface area contributed by atoms with Crippen LogP contribution in [0.3, 0.4) is 0 Å². The second-order valence-corrected chi connectivity index (χ2v) is 4.34. The molecular weight excluding hydrogens is 144 g/mol. The monoisotopic (exact) mass is 162 g/mol. The number of allylic oxidation sites excluding steroid dienone is 4. The van der Waals surface area contributed by atoms with Crippen LogP contribution in [0.15, 0.2) is 23.3 Å². The number of fused-ring (bicyclic) bond motifs is 1. The molecule has 2 aliphatic carbocycles. The molecule has 0 aromatic rings. The van der Waals surface area contributed by atoms with Crippen LogP contribution in [0.4, 0.5) is 0 Å². The highest BCUT2D eigenvalue weighted by Gasteiger charge is 2.27. The summed E-state index contributed by atoms with van der Waals surface area (Å²) in [5.41, 5.74) is 3.31. The van der Waals surface area contributed by atoms with E-state index >= 15 is 0 Å². The first kappa shape index (κ1) is 8.10. The average molecular weight is 162 g/mol. The fourth-order valence-corrected chi connectivity index (χ4v) is 2.62. The minimum atomic E-state index is 0.892. The molecule has 12 heavy (non-hydrogen) atoms. The molecule has 2 rings (SSSR count). The highest BCUT2D eigenvalue weighted by molar-refractivity contribution is 5.32. The summed E-state index contributed by atoms with van der Waals surface area (Å²) in [6, 6.07) is 0. The van der Waals surface area contributed by atoms with Gasteiger partial charge in [0, 0.05) is 0 Å². The maximum Gasteiger partial charge on any atom is -0.0134 e. The third kappa shape index (κ3) is 1.24. The van der Waals surface area contributed by atoms with Gasteiger partial charge in [0.2, 0.25) is 0 Å². The molecule has 0 saturated carbocycles. The van der Waals surface area contributed by atoms with Crippen LogP contribution in [0, 0.1) is 11.8 Å². The van der Waals surface area contributed by atoms with Gasteiger partial charge in [0.1, 0.15) is 0 Å². The molecule has 0 heteroatoms. The van der Waals surface area contributed by atoms with Crippen LogP contribution in [0.2, 0.25) is 0 Å². The van der Waals surface area contributed by atoms with Crippen molar-refractivity contribution in [3.63, 3.8) is 0 Å². The molecule has 0 spiro atoms. The van der Waals surface area contributed by atoms with E-state index in [2.05, 4.69) is 26.0 Å². The lowest BCUT2D eigenvalue weighted by atomic mass is 9.87. The van der Waals surface area contributed by atoms with Crippen molar-refractivity contribution >= 4 is 0 Å². The number of hydrogen-bond acceptors (Lipinski definition) is 0. The van der Waals surface area contributed by atoms with E-state index < -0.39 is 0 Å². The second kappa shape index (κ2) is 3.08. The Morgan fingerprint density at radius 3 is 3.00 bits per heavy atom. The van der Waals surface area contributed by atoms with E-state index in [4.69, 9.17) is 0 Å². The Labute approximate surface area is 75.4 Å². The van der Waals surface area contributed by atoms with Crippen LogP contribution in [0.5, 0.6) is 0 Å². The standard InChI is InChI=1S/C12H18/c1-9-5-3-4-6-11-10(2)7-8-12(9)11/h4,6,9,12H,3,5,7-8H2,1-2H3/t9-,12-/m0/s1. The van der Waals surface area contributed by atoms with Crippen molar-refractivity contribution in [2.75, 3.05) is 0 Å². The Hall–Kier alpha value is -0.520. The van der Waals surface area contributed by atoms with E-state index in [1.54, 1.807) is 11.1 Å². The van der Waals surface area contributed by atoms with Crippen molar-refractivity contribution in [1.82, 2.24) is 0 Å². The van der Waals surface area contributed by atoms with E-state index in [1.165, 1.54) is 25.7 Å². The van der Waals surface area contributed by atoms with Crippen molar-refractivity contribution < 1.29 is 0 Å². The molecule has 0 amide bonds. The van der Waals surface area contributed by atoms with Crippen LogP contribution < -0.4 is 0 Å². The topological polar surface area (TPSA) is 0 Å². The summed E-state index contributed by atoms with van der Waals surface area (Å²) in [6.07, 6.45) is 10.2. The van der Waals surface area contributed by atoms with Crippen molar-refractivity contribution in [2.24, 2.45) is 11.8 Å². The fourth-order valence-electron chi connectivity index (χ4n) is 2.62. The van der Waals surface area contributed by atoms with Gasteiger partial charge in [-0.25, -0.2) is 0 Å². The molecule has 0 heterocycles. The van der Waals surface area contributed by atoms with Gasteiger partial charge >= 0.3 is 0 Å². The van der Waals surface area contributed by atoms with Crippen molar-refractivity contribution in [3.8, 4) is 0 Å². The summed E-state index contributed by atoms with van der Waals surface area (Å²) < 4.78 is 0. The Bertz CT molecular complexity index is 232. The van der Waals surface area contributed by atoms with Crippen LogP contribution in [-0.4, -0.2) is 0 Å². The van der Waals surface area contributed by atoms with E-state index in [-0.39, 0.29) is 0 Å². The Morgan fingerprint density at radius 2 is 2.17 bits per heavy atom. The predicted molar refractivity (Wildman–Crippen MR) is 53.0 cm³/mol. The van der Waals surface area contributed by atoms with E-state index in [0.29, 0.717) is 0 Å². The summed E-state index contributed by atoms with van der Waals surface area (Å²) in [6.45, 7) is 4.72. The normalized spacial score (nSPS) is 35.2. The maximum absolute atomic E-state index is 2.41. The van der Waals surface area contributed by atoms with Crippen LogP contribution >= 0.6 is 0 Å². The van der Waals surface area contributed by atoms with Gasteiger partial charge in [-0.15, -0.1) is 0 Å². The average Bonchev–Trinajstić information content (AvgIpc) is 2.30. The molecule has 2 aliphatic rings. The number of hydrogen-bond donors (Lipinski definition) is 0. The largest absolute Gasteiger partial charge is 0.0842 e. The zero-order valence-electron chi connectivity index (χ0n) is 8.14. The summed E-state index contributed by atoms with van der Waals surface area (Å²) in [4.78, 5) is 0. The lowest BCUT2D eigenvalue weighted by molar-refractivity contribution is 0.394. The van der Waals surface area contributed by atoms with Gasteiger partial charge in [0.05, 0.1) is 0 Å². The van der Waals surface area contributed by atoms with E-state index in [0.717, 1.165) is 11.8 Å². The SMILES string of the molecule is CC1=C2C=CCC[C@H](C)[C@@H]2CC1. The smallest absolute Gasteiger partial charge is 0.0134 e. The Kier molecular flexibility index (Phi) is 2.08. The van der Waals surface area contributed by atoms with Gasteiger partial charge in [-0.2, -0.15) is 0 Å². The lowest BCUT2D eigenvalue weighted by Gasteiger charge is -2.18. The van der Waals surface area contributed by atoms with E-state index in [9.17, 15) is 0 Å². The zero-order chi connectivity index (χ0) is 8.55. The van der Waals surface area contributed by atoms with Crippen molar-refractivity contribution in [3.05, 3.63) is 23.3 Å². The van der Waals surface area contributed by atoms with Crippen molar-refractivity contribution in [1.29, 1.82) is 0 Å². The minimum absolute atomic E-state index is 0.892. The second-order valence-electron chi connectivity index (χ2n) is 4.34. The maximum atomic E-state index is 2.41. The molecule has 2 atom stereocenters. The Morgan fingerprint density at radius 1 is 1.33 bits per heavy atom. The van der Waals surface area contributed by atoms with Crippen LogP contribution in [0.25, 0.3) is 0 Å². The highest BCUT2D eigenvalue weighted by atomic mass is 14.3. The molecule has 0 aliphatic heterocycles. The van der Waals surface area contributed by atoms with Gasteiger partial charge in [0.25, 0.3) is 0 Å². The minimum Gasteiger partial charge on any atom is -0.0842 e. The van der Waals surface area contributed by atoms with Gasteiger partial charge < -0.3 is 0 Å². The first-order valence-electron chi connectivity index (χ1n) is 5.15. The molecule has 66 valence electrons. The van der Waals surface area contributed by atoms with Gasteiger partial charge in [-0.1, -0.05) is 24.6 Å². The Balaban J connectivity index is 2.30. The molecule has 0 unspecified atom stereocenters.